The molecular formula is C19H24F3N5S. The molecule has 4 rings (SSSR count). The van der Waals surface area contributed by atoms with Crippen LogP contribution in [-0.2, 0) is 6.42 Å². The Kier molecular flexibility index (Phi) is 6.01. The summed E-state index contributed by atoms with van der Waals surface area (Å²) >= 11 is 1.40. The summed E-state index contributed by atoms with van der Waals surface area (Å²) in [6.45, 7) is 5.68. The minimum absolute atomic E-state index is 0.547. The van der Waals surface area contributed by atoms with Crippen LogP contribution < -0.4 is 9.80 Å². The van der Waals surface area contributed by atoms with Crippen molar-refractivity contribution < 1.29 is 13.2 Å². The number of hydrogen-bond acceptors (Lipinski definition) is 6. The fourth-order valence-electron chi connectivity index (χ4n) is 3.66. The van der Waals surface area contributed by atoms with Crippen molar-refractivity contribution in [2.24, 2.45) is 0 Å². The van der Waals surface area contributed by atoms with E-state index < -0.39 is 17.8 Å². The summed E-state index contributed by atoms with van der Waals surface area (Å²) in [6, 6.07) is 4.11. The van der Waals surface area contributed by atoms with Crippen LogP contribution in [0.25, 0.3) is 0 Å². The molecule has 0 atom stereocenters. The van der Waals surface area contributed by atoms with E-state index in [1.165, 1.54) is 23.7 Å². The number of benzene rings is 1. The van der Waals surface area contributed by atoms with Crippen molar-refractivity contribution >= 4 is 22.6 Å². The Morgan fingerprint density at radius 2 is 1.71 bits per heavy atom. The summed E-state index contributed by atoms with van der Waals surface area (Å²) in [7, 11) is 0. The second kappa shape index (κ2) is 8.65. The molecule has 1 aromatic carbocycles. The van der Waals surface area contributed by atoms with Gasteiger partial charge in [0.1, 0.15) is 6.17 Å². The molecule has 2 aliphatic rings. The first-order valence-corrected chi connectivity index (χ1v) is 10.5. The molecule has 0 N–H and O–H groups in total. The van der Waals surface area contributed by atoms with Crippen molar-refractivity contribution in [1.82, 2.24) is 14.3 Å². The lowest BCUT2D eigenvalue weighted by Gasteiger charge is -2.34. The van der Waals surface area contributed by atoms with Gasteiger partial charge in [-0.2, -0.15) is 9.36 Å². The molecule has 28 heavy (non-hydrogen) atoms. The van der Waals surface area contributed by atoms with Crippen LogP contribution in [0.2, 0.25) is 0 Å². The first-order chi connectivity index (χ1) is 13.6. The van der Waals surface area contributed by atoms with Crippen LogP contribution >= 0.6 is 11.5 Å². The van der Waals surface area contributed by atoms with Crippen LogP contribution in [-0.4, -0.2) is 66.2 Å². The topological polar surface area (TPSA) is 35.5 Å². The average Bonchev–Trinajstić information content (AvgIpc) is 3.20. The number of rotatable bonds is 5. The minimum atomic E-state index is -0.803. The van der Waals surface area contributed by atoms with Gasteiger partial charge in [-0.05, 0) is 37.0 Å². The van der Waals surface area contributed by atoms with Crippen LogP contribution in [0.4, 0.5) is 24.3 Å². The molecule has 3 heterocycles. The van der Waals surface area contributed by atoms with E-state index in [0.717, 1.165) is 43.4 Å². The summed E-state index contributed by atoms with van der Waals surface area (Å²) in [5.74, 6) is -0.874. The van der Waals surface area contributed by atoms with Crippen LogP contribution in [0.3, 0.4) is 0 Å². The highest BCUT2D eigenvalue weighted by molar-refractivity contribution is 7.09. The Morgan fingerprint density at radius 3 is 2.43 bits per heavy atom. The van der Waals surface area contributed by atoms with Gasteiger partial charge in [0.25, 0.3) is 0 Å². The lowest BCUT2D eigenvalue weighted by atomic mass is 10.1. The third-order valence-corrected chi connectivity index (χ3v) is 6.22. The molecule has 0 radical (unpaired) electrons. The molecule has 2 aromatic rings. The highest BCUT2D eigenvalue weighted by atomic mass is 32.1. The lowest BCUT2D eigenvalue weighted by molar-refractivity contribution is 0.260. The van der Waals surface area contributed by atoms with Gasteiger partial charge in [0.2, 0.25) is 11.1 Å². The van der Waals surface area contributed by atoms with Crippen molar-refractivity contribution in [3.63, 3.8) is 0 Å². The molecule has 0 aliphatic carbocycles. The zero-order valence-electron chi connectivity index (χ0n) is 15.7. The van der Waals surface area contributed by atoms with Gasteiger partial charge in [0.05, 0.1) is 0 Å². The molecule has 0 amide bonds. The number of hydrogen-bond donors (Lipinski definition) is 0. The van der Waals surface area contributed by atoms with Gasteiger partial charge in [0, 0.05) is 57.3 Å². The Morgan fingerprint density at radius 1 is 0.964 bits per heavy atom. The number of piperidine rings is 1. The Balaban J connectivity index is 1.25. The first kappa shape index (κ1) is 19.4. The number of halogens is 3. The van der Waals surface area contributed by atoms with Crippen LogP contribution in [0.15, 0.2) is 18.2 Å². The maximum Gasteiger partial charge on any atom is 0.239 e. The van der Waals surface area contributed by atoms with E-state index in [-0.39, 0.29) is 0 Å². The van der Waals surface area contributed by atoms with Gasteiger partial charge in [-0.15, -0.1) is 0 Å². The predicted molar refractivity (Wildman–Crippen MR) is 105 cm³/mol. The number of nitrogens with zero attached hydrogens (tertiary/aromatic N) is 5. The fraction of sp³-hybridized carbons (Fsp3) is 0.579. The Hall–Kier alpha value is -1.87. The van der Waals surface area contributed by atoms with E-state index in [0.29, 0.717) is 38.3 Å². The monoisotopic (exact) mass is 411 g/mol. The van der Waals surface area contributed by atoms with Crippen molar-refractivity contribution in [3.05, 3.63) is 35.4 Å². The number of piperazine rings is 1. The normalized spacial score (nSPS) is 19.4. The standard InChI is InChI=1S/C19H24F3N5S/c20-15-4-7-26(8-5-15)18-23-19(28-24-18)27-11-9-25(10-12-27)6-3-14-1-2-16(21)17(22)13-14/h1-2,13,15H,3-12H2. The zero-order valence-corrected chi connectivity index (χ0v) is 16.5. The smallest absolute Gasteiger partial charge is 0.239 e. The van der Waals surface area contributed by atoms with Gasteiger partial charge in [-0.25, -0.2) is 13.2 Å². The van der Waals surface area contributed by atoms with Crippen LogP contribution in [0.5, 0.6) is 0 Å². The molecule has 2 saturated heterocycles. The number of aromatic nitrogens is 2. The first-order valence-electron chi connectivity index (χ1n) is 9.72. The second-order valence-corrected chi connectivity index (χ2v) is 8.10. The highest BCUT2D eigenvalue weighted by Gasteiger charge is 2.24. The van der Waals surface area contributed by atoms with E-state index in [4.69, 9.17) is 0 Å². The fourth-order valence-corrected chi connectivity index (χ4v) is 4.40. The minimum Gasteiger partial charge on any atom is -0.344 e. The second-order valence-electron chi connectivity index (χ2n) is 7.37. The predicted octanol–water partition coefficient (Wildman–Crippen LogP) is 3.12. The molecule has 0 saturated carbocycles. The summed E-state index contributed by atoms with van der Waals surface area (Å²) in [6.07, 6.45) is 1.09. The SMILES string of the molecule is Fc1ccc(CCN2CCN(c3nc(N4CCC(F)CC4)ns3)CC2)cc1F. The molecule has 0 spiro atoms. The van der Waals surface area contributed by atoms with Gasteiger partial charge < -0.3 is 9.80 Å². The van der Waals surface area contributed by atoms with Crippen molar-refractivity contribution in [1.29, 1.82) is 0 Å². The van der Waals surface area contributed by atoms with Crippen LogP contribution in [0, 0.1) is 11.6 Å². The van der Waals surface area contributed by atoms with E-state index in [9.17, 15) is 13.2 Å². The summed E-state index contributed by atoms with van der Waals surface area (Å²) in [5.41, 5.74) is 0.812. The van der Waals surface area contributed by atoms with Gasteiger partial charge in [0.15, 0.2) is 11.6 Å². The van der Waals surface area contributed by atoms with Gasteiger partial charge in [-0.3, -0.25) is 4.90 Å². The molecule has 2 aliphatic heterocycles. The maximum atomic E-state index is 13.3. The summed E-state index contributed by atoms with van der Waals surface area (Å²) < 4.78 is 44.1. The quantitative estimate of drug-likeness (QED) is 0.756. The third-order valence-electron chi connectivity index (χ3n) is 5.46. The zero-order chi connectivity index (χ0) is 19.5. The van der Waals surface area contributed by atoms with E-state index in [2.05, 4.69) is 24.1 Å². The molecule has 0 unspecified atom stereocenters. The lowest BCUT2D eigenvalue weighted by Crippen LogP contribution is -2.47. The molecule has 1 aromatic heterocycles. The van der Waals surface area contributed by atoms with E-state index in [1.807, 2.05) is 0 Å². The Labute approximate surface area is 166 Å². The number of anilines is 2. The summed E-state index contributed by atoms with van der Waals surface area (Å²) in [5, 5.41) is 0.914. The van der Waals surface area contributed by atoms with Crippen molar-refractivity contribution in [2.45, 2.75) is 25.4 Å². The largest absolute Gasteiger partial charge is 0.344 e. The van der Waals surface area contributed by atoms with Crippen molar-refractivity contribution in [3.8, 4) is 0 Å². The molecule has 0 bridgehead atoms. The molecule has 152 valence electrons. The summed E-state index contributed by atoms with van der Waals surface area (Å²) in [4.78, 5) is 11.3. The molecule has 5 nitrogen and oxygen atoms in total. The van der Waals surface area contributed by atoms with Gasteiger partial charge >= 0.3 is 0 Å². The highest BCUT2D eigenvalue weighted by Crippen LogP contribution is 2.25. The van der Waals surface area contributed by atoms with Crippen molar-refractivity contribution in [2.75, 3.05) is 55.6 Å². The molecule has 2 fully saturated rings. The average molecular weight is 411 g/mol. The van der Waals surface area contributed by atoms with Gasteiger partial charge in [-0.1, -0.05) is 6.07 Å². The maximum absolute atomic E-state index is 13.3. The van der Waals surface area contributed by atoms with Crippen LogP contribution in [0.1, 0.15) is 18.4 Å². The molecular weight excluding hydrogens is 387 g/mol. The third kappa shape index (κ3) is 4.57. The Bertz CT molecular complexity index is 786. The molecule has 9 heteroatoms. The number of alkyl halides is 1. The van der Waals surface area contributed by atoms with E-state index in [1.54, 1.807) is 6.07 Å². The van der Waals surface area contributed by atoms with E-state index >= 15 is 0 Å².